The second-order valence-electron chi connectivity index (χ2n) is 4.35. The molecule has 1 aliphatic rings. The molecule has 1 heteroatoms. The highest BCUT2D eigenvalue weighted by atomic mass is 31.1. The number of allylic oxidation sites excluding steroid dienone is 3. The fourth-order valence-corrected chi connectivity index (χ4v) is 2.75. The summed E-state index contributed by atoms with van der Waals surface area (Å²) in [6, 6.07) is 0. The molecule has 0 atom stereocenters. The molecule has 1 rings (SSSR count). The lowest BCUT2D eigenvalue weighted by Gasteiger charge is -2.02. The van der Waals surface area contributed by atoms with E-state index in [0.29, 0.717) is 0 Å². The zero-order valence-electron chi connectivity index (χ0n) is 10.0. The summed E-state index contributed by atoms with van der Waals surface area (Å²) in [6.07, 6.45) is 17.2. The van der Waals surface area contributed by atoms with Crippen molar-refractivity contribution in [2.45, 2.75) is 64.7 Å². The van der Waals surface area contributed by atoms with Gasteiger partial charge in [0.05, 0.1) is 0 Å². The van der Waals surface area contributed by atoms with Gasteiger partial charge in [-0.05, 0) is 26.7 Å². The van der Waals surface area contributed by atoms with Gasteiger partial charge in [-0.2, -0.15) is 0 Å². The largest absolute Gasteiger partial charge is 0.0654 e. The van der Waals surface area contributed by atoms with Gasteiger partial charge in [0.2, 0.25) is 0 Å². The first-order valence-corrected chi connectivity index (χ1v) is 7.46. The molecule has 0 aromatic rings. The van der Waals surface area contributed by atoms with Crippen molar-refractivity contribution in [3.63, 3.8) is 0 Å². The van der Waals surface area contributed by atoms with Crippen LogP contribution in [0.5, 0.6) is 0 Å². The molecular formula is C14H24P. The highest BCUT2D eigenvalue weighted by molar-refractivity contribution is 7.47. The summed E-state index contributed by atoms with van der Waals surface area (Å²) in [7, 11) is 1.45. The van der Waals surface area contributed by atoms with Crippen LogP contribution >= 0.6 is 8.58 Å². The maximum atomic E-state index is 2.28. The topological polar surface area (TPSA) is 0 Å². The average molecular weight is 223 g/mol. The maximum Gasteiger partial charge on any atom is -0.0225 e. The Bertz CT molecular complexity index is 203. The Balaban J connectivity index is 1.77. The highest BCUT2D eigenvalue weighted by Gasteiger charge is 1.99. The molecule has 0 nitrogen and oxygen atoms in total. The van der Waals surface area contributed by atoms with Crippen LogP contribution in [-0.4, -0.2) is 0 Å². The quantitative estimate of drug-likeness (QED) is 0.338. The van der Waals surface area contributed by atoms with Gasteiger partial charge in [0, 0.05) is 0 Å². The summed E-state index contributed by atoms with van der Waals surface area (Å²) in [5, 5.41) is 1.61. The zero-order valence-corrected chi connectivity index (χ0v) is 10.9. The summed E-state index contributed by atoms with van der Waals surface area (Å²) >= 11 is 0. The zero-order chi connectivity index (χ0) is 10.8. The van der Waals surface area contributed by atoms with Gasteiger partial charge in [-0.3, -0.25) is 0 Å². The molecule has 85 valence electrons. The molecule has 0 aromatic carbocycles. The first kappa shape index (κ1) is 13.0. The van der Waals surface area contributed by atoms with E-state index in [1.54, 1.807) is 5.31 Å². The van der Waals surface area contributed by atoms with Crippen LogP contribution in [0.15, 0.2) is 23.3 Å². The van der Waals surface area contributed by atoms with E-state index in [1.165, 1.54) is 66.4 Å². The normalized spacial score (nSPS) is 16.2. The van der Waals surface area contributed by atoms with Gasteiger partial charge in [0.15, 0.2) is 0 Å². The van der Waals surface area contributed by atoms with E-state index in [9.17, 15) is 0 Å². The van der Waals surface area contributed by atoms with E-state index in [1.807, 2.05) is 0 Å². The van der Waals surface area contributed by atoms with Gasteiger partial charge >= 0.3 is 0 Å². The summed E-state index contributed by atoms with van der Waals surface area (Å²) < 4.78 is 0. The molecule has 0 saturated carbocycles. The second-order valence-corrected chi connectivity index (χ2v) is 5.48. The van der Waals surface area contributed by atoms with Crippen molar-refractivity contribution in [1.29, 1.82) is 0 Å². The number of hydrogen-bond donors (Lipinski definition) is 0. The van der Waals surface area contributed by atoms with E-state index in [2.05, 4.69) is 24.9 Å². The molecule has 0 unspecified atom stereocenters. The van der Waals surface area contributed by atoms with Gasteiger partial charge in [-0.25, -0.2) is 0 Å². The third-order valence-electron chi connectivity index (χ3n) is 2.90. The van der Waals surface area contributed by atoms with Gasteiger partial charge < -0.3 is 0 Å². The molecule has 1 aliphatic heterocycles. The minimum absolute atomic E-state index is 1.32. The van der Waals surface area contributed by atoms with E-state index in [4.69, 9.17) is 0 Å². The molecule has 1 radical (unpaired) electrons. The lowest BCUT2D eigenvalue weighted by molar-refractivity contribution is 0.577. The van der Waals surface area contributed by atoms with Crippen molar-refractivity contribution >= 4 is 8.58 Å². The Morgan fingerprint density at radius 1 is 0.933 bits per heavy atom. The van der Waals surface area contributed by atoms with Crippen molar-refractivity contribution in [2.24, 2.45) is 0 Å². The average Bonchev–Trinajstić information content (AvgIpc) is 2.75. The molecule has 0 bridgehead atoms. The lowest BCUT2D eigenvalue weighted by Crippen LogP contribution is -1.81. The van der Waals surface area contributed by atoms with E-state index < -0.39 is 0 Å². The predicted octanol–water partition coefficient (Wildman–Crippen LogP) is 5.87. The Morgan fingerprint density at radius 3 is 2.20 bits per heavy atom. The Hall–Kier alpha value is -0.0900. The smallest absolute Gasteiger partial charge is 0.0225 e. The van der Waals surface area contributed by atoms with Gasteiger partial charge in [0.1, 0.15) is 0 Å². The van der Waals surface area contributed by atoms with E-state index in [0.717, 1.165) is 0 Å². The molecule has 0 N–H and O–H groups in total. The molecule has 0 saturated heterocycles. The summed E-state index contributed by atoms with van der Waals surface area (Å²) in [4.78, 5) is 0. The van der Waals surface area contributed by atoms with Crippen LogP contribution in [0.1, 0.15) is 64.7 Å². The highest BCUT2D eigenvalue weighted by Crippen LogP contribution is 2.34. The number of hydrogen-bond acceptors (Lipinski definition) is 0. The Kier molecular flexibility index (Phi) is 7.92. The molecule has 0 aromatic heterocycles. The maximum absolute atomic E-state index is 2.28. The molecule has 15 heavy (non-hydrogen) atoms. The molecule has 0 fully saturated rings. The minimum Gasteiger partial charge on any atom is -0.0654 e. The minimum atomic E-state index is 1.32. The van der Waals surface area contributed by atoms with Crippen molar-refractivity contribution in [1.82, 2.24) is 0 Å². The van der Waals surface area contributed by atoms with Crippen LogP contribution in [0.25, 0.3) is 0 Å². The van der Waals surface area contributed by atoms with Crippen molar-refractivity contribution in [2.75, 3.05) is 0 Å². The molecule has 0 spiro atoms. The third kappa shape index (κ3) is 6.90. The Morgan fingerprint density at radius 2 is 1.60 bits per heavy atom. The van der Waals surface area contributed by atoms with E-state index >= 15 is 0 Å². The molecular weight excluding hydrogens is 199 g/mol. The monoisotopic (exact) mass is 223 g/mol. The van der Waals surface area contributed by atoms with Crippen LogP contribution in [0.2, 0.25) is 0 Å². The Labute approximate surface area is 97.0 Å². The fourth-order valence-electron chi connectivity index (χ4n) is 1.92. The van der Waals surface area contributed by atoms with Crippen LogP contribution in [0, 0.1) is 0 Å². The molecule has 0 amide bonds. The molecule has 1 heterocycles. The van der Waals surface area contributed by atoms with Crippen molar-refractivity contribution in [3.8, 4) is 0 Å². The van der Waals surface area contributed by atoms with Crippen molar-refractivity contribution in [3.05, 3.63) is 23.3 Å². The predicted molar refractivity (Wildman–Crippen MR) is 71.4 cm³/mol. The van der Waals surface area contributed by atoms with Crippen LogP contribution in [0.3, 0.4) is 0 Å². The van der Waals surface area contributed by atoms with Crippen LogP contribution in [-0.2, 0) is 0 Å². The number of unbranched alkanes of at least 4 members (excludes halogenated alkanes) is 7. The van der Waals surface area contributed by atoms with Crippen LogP contribution in [0.4, 0.5) is 0 Å². The second kappa shape index (κ2) is 9.16. The van der Waals surface area contributed by atoms with Crippen molar-refractivity contribution < 1.29 is 0 Å². The number of rotatable bonds is 9. The first-order chi connectivity index (χ1) is 7.43. The van der Waals surface area contributed by atoms with Gasteiger partial charge in [-0.1, -0.05) is 69.8 Å². The summed E-state index contributed by atoms with van der Waals surface area (Å²) in [6.45, 7) is 2.28. The lowest BCUT2D eigenvalue weighted by atomic mass is 10.1. The summed E-state index contributed by atoms with van der Waals surface area (Å²) in [5.74, 6) is 2.24. The van der Waals surface area contributed by atoms with Crippen LogP contribution < -0.4 is 0 Å². The first-order valence-electron chi connectivity index (χ1n) is 6.50. The third-order valence-corrected chi connectivity index (χ3v) is 3.93. The fraction of sp³-hybridized carbons (Fsp3) is 0.714. The SMILES string of the molecule is CCCCCCCCCCC1=CC=C[P]1. The standard InChI is InChI=1S/C14H24P/c1-2-3-4-5-6-7-8-9-11-14-12-10-13-15-14/h10,12-13H,2-9,11H2,1H3. The van der Waals surface area contributed by atoms with Gasteiger partial charge in [-0.15, -0.1) is 0 Å². The molecule has 0 aliphatic carbocycles. The van der Waals surface area contributed by atoms with E-state index in [-0.39, 0.29) is 0 Å². The summed E-state index contributed by atoms with van der Waals surface area (Å²) in [5.41, 5.74) is 0. The van der Waals surface area contributed by atoms with Gasteiger partial charge in [0.25, 0.3) is 0 Å².